The summed E-state index contributed by atoms with van der Waals surface area (Å²) in [6.07, 6.45) is 7.23. The van der Waals surface area contributed by atoms with Crippen molar-refractivity contribution in [2.75, 3.05) is 23.3 Å². The standard InChI is InChI=1S/C18H23Cl2N5/c1-2-15-5-3-4-10-25(15)18-23-17(12-22-24-18)21-9-8-13-6-7-14(19)11-16(13)20/h6-7,11-12,15H,2-5,8-10H2,1H3,(H,21,23,24). The van der Waals surface area contributed by atoms with E-state index >= 15 is 0 Å². The number of anilines is 2. The summed E-state index contributed by atoms with van der Waals surface area (Å²) >= 11 is 12.1. The Hall–Kier alpha value is -1.59. The molecule has 0 aliphatic carbocycles. The molecule has 0 spiro atoms. The average molecular weight is 380 g/mol. The number of piperidine rings is 1. The van der Waals surface area contributed by atoms with Gasteiger partial charge in [0.15, 0.2) is 5.82 Å². The van der Waals surface area contributed by atoms with Crippen LogP contribution in [-0.4, -0.2) is 34.3 Å². The lowest BCUT2D eigenvalue weighted by molar-refractivity contribution is 0.442. The molecule has 1 aromatic heterocycles. The molecule has 0 amide bonds. The topological polar surface area (TPSA) is 53.9 Å². The van der Waals surface area contributed by atoms with E-state index in [9.17, 15) is 0 Å². The van der Waals surface area contributed by atoms with Crippen LogP contribution in [0.4, 0.5) is 11.8 Å². The minimum Gasteiger partial charge on any atom is -0.368 e. The van der Waals surface area contributed by atoms with Crippen molar-refractivity contribution < 1.29 is 0 Å². The number of benzene rings is 1. The first-order valence-electron chi connectivity index (χ1n) is 8.81. The first kappa shape index (κ1) is 18.2. The summed E-state index contributed by atoms with van der Waals surface area (Å²) in [6, 6.07) is 6.09. The molecule has 7 heteroatoms. The quantitative estimate of drug-likeness (QED) is 0.794. The van der Waals surface area contributed by atoms with Gasteiger partial charge in [-0.15, -0.1) is 5.10 Å². The van der Waals surface area contributed by atoms with Gasteiger partial charge in [0.1, 0.15) is 0 Å². The van der Waals surface area contributed by atoms with Crippen LogP contribution in [0.1, 0.15) is 38.2 Å². The predicted molar refractivity (Wildman–Crippen MR) is 104 cm³/mol. The van der Waals surface area contributed by atoms with Gasteiger partial charge < -0.3 is 10.2 Å². The van der Waals surface area contributed by atoms with Crippen LogP contribution in [0.25, 0.3) is 0 Å². The molecule has 25 heavy (non-hydrogen) atoms. The molecule has 1 aromatic carbocycles. The predicted octanol–water partition coefficient (Wildman–Crippen LogP) is 4.60. The summed E-state index contributed by atoms with van der Waals surface area (Å²) in [5, 5.41) is 13.0. The fourth-order valence-electron chi connectivity index (χ4n) is 3.24. The number of halogens is 2. The van der Waals surface area contributed by atoms with Crippen molar-refractivity contribution in [2.24, 2.45) is 0 Å². The highest BCUT2D eigenvalue weighted by Gasteiger charge is 2.23. The van der Waals surface area contributed by atoms with Crippen molar-refractivity contribution in [2.45, 2.75) is 45.1 Å². The third-order valence-corrected chi connectivity index (χ3v) is 5.21. The fourth-order valence-corrected chi connectivity index (χ4v) is 3.74. The van der Waals surface area contributed by atoms with Crippen LogP contribution in [0.5, 0.6) is 0 Å². The fraction of sp³-hybridized carbons (Fsp3) is 0.500. The maximum atomic E-state index is 6.21. The minimum absolute atomic E-state index is 0.513. The summed E-state index contributed by atoms with van der Waals surface area (Å²) in [7, 11) is 0. The minimum atomic E-state index is 0.513. The van der Waals surface area contributed by atoms with E-state index in [4.69, 9.17) is 23.2 Å². The third kappa shape index (κ3) is 4.73. The van der Waals surface area contributed by atoms with Crippen molar-refractivity contribution >= 4 is 35.0 Å². The summed E-state index contributed by atoms with van der Waals surface area (Å²) < 4.78 is 0. The molecule has 0 saturated carbocycles. The normalized spacial score (nSPS) is 17.6. The lowest BCUT2D eigenvalue weighted by Gasteiger charge is -2.34. The third-order valence-electron chi connectivity index (χ3n) is 4.62. The molecule has 1 N–H and O–H groups in total. The zero-order valence-electron chi connectivity index (χ0n) is 14.4. The molecule has 3 rings (SSSR count). The number of nitrogens with one attached hydrogen (secondary N) is 1. The molecular formula is C18H23Cl2N5. The maximum absolute atomic E-state index is 6.21. The van der Waals surface area contributed by atoms with Gasteiger partial charge in [0, 0.05) is 29.2 Å². The summed E-state index contributed by atoms with van der Waals surface area (Å²) in [5.41, 5.74) is 1.06. The molecule has 1 aliphatic rings. The van der Waals surface area contributed by atoms with Gasteiger partial charge in [0.2, 0.25) is 5.95 Å². The van der Waals surface area contributed by atoms with E-state index in [1.807, 2.05) is 12.1 Å². The number of aromatic nitrogens is 3. The van der Waals surface area contributed by atoms with Gasteiger partial charge in [0.05, 0.1) is 6.20 Å². The van der Waals surface area contributed by atoms with E-state index in [0.29, 0.717) is 16.1 Å². The maximum Gasteiger partial charge on any atom is 0.247 e. The summed E-state index contributed by atoms with van der Waals surface area (Å²) in [6.45, 7) is 3.94. The second-order valence-corrected chi connectivity index (χ2v) is 7.15. The van der Waals surface area contributed by atoms with Crippen LogP contribution in [0.2, 0.25) is 10.0 Å². The van der Waals surface area contributed by atoms with Crippen LogP contribution >= 0.6 is 23.2 Å². The molecule has 2 heterocycles. The molecule has 0 radical (unpaired) electrons. The van der Waals surface area contributed by atoms with Crippen molar-refractivity contribution in [1.29, 1.82) is 0 Å². The van der Waals surface area contributed by atoms with Gasteiger partial charge >= 0.3 is 0 Å². The van der Waals surface area contributed by atoms with E-state index in [1.165, 1.54) is 19.3 Å². The largest absolute Gasteiger partial charge is 0.368 e. The van der Waals surface area contributed by atoms with Gasteiger partial charge in [-0.2, -0.15) is 10.1 Å². The first-order valence-corrected chi connectivity index (χ1v) is 9.57. The molecule has 134 valence electrons. The molecule has 1 saturated heterocycles. The van der Waals surface area contributed by atoms with E-state index in [-0.39, 0.29) is 0 Å². The van der Waals surface area contributed by atoms with Crippen LogP contribution in [-0.2, 0) is 6.42 Å². The molecule has 1 fully saturated rings. The number of nitrogens with zero attached hydrogens (tertiary/aromatic N) is 4. The lowest BCUT2D eigenvalue weighted by atomic mass is 10.0. The van der Waals surface area contributed by atoms with Gasteiger partial charge in [-0.25, -0.2) is 0 Å². The van der Waals surface area contributed by atoms with Crippen molar-refractivity contribution in [3.63, 3.8) is 0 Å². The van der Waals surface area contributed by atoms with E-state index < -0.39 is 0 Å². The zero-order chi connectivity index (χ0) is 17.6. The van der Waals surface area contributed by atoms with Crippen LogP contribution < -0.4 is 10.2 Å². The molecular weight excluding hydrogens is 357 g/mol. The number of hydrogen-bond acceptors (Lipinski definition) is 5. The van der Waals surface area contributed by atoms with E-state index in [0.717, 1.165) is 43.3 Å². The monoisotopic (exact) mass is 379 g/mol. The molecule has 0 bridgehead atoms. The van der Waals surface area contributed by atoms with Crippen LogP contribution in [0.3, 0.4) is 0 Å². The van der Waals surface area contributed by atoms with Crippen molar-refractivity contribution in [3.8, 4) is 0 Å². The molecule has 5 nitrogen and oxygen atoms in total. The lowest BCUT2D eigenvalue weighted by Crippen LogP contribution is -2.40. The van der Waals surface area contributed by atoms with Gasteiger partial charge in [-0.05, 0) is 49.8 Å². The van der Waals surface area contributed by atoms with Gasteiger partial charge in [-0.1, -0.05) is 36.2 Å². The highest BCUT2D eigenvalue weighted by Crippen LogP contribution is 2.24. The Kier molecular flexibility index (Phi) is 6.32. The second-order valence-electron chi connectivity index (χ2n) is 6.31. The summed E-state index contributed by atoms with van der Waals surface area (Å²) in [4.78, 5) is 6.94. The van der Waals surface area contributed by atoms with Gasteiger partial charge in [0.25, 0.3) is 0 Å². The Morgan fingerprint density at radius 1 is 1.28 bits per heavy atom. The number of hydrogen-bond donors (Lipinski definition) is 1. The smallest absolute Gasteiger partial charge is 0.247 e. The Morgan fingerprint density at radius 2 is 2.16 bits per heavy atom. The second kappa shape index (κ2) is 8.68. The SMILES string of the molecule is CCC1CCCCN1c1nncc(NCCc2ccc(Cl)cc2Cl)n1. The van der Waals surface area contributed by atoms with Gasteiger partial charge in [-0.3, -0.25) is 0 Å². The molecule has 2 aromatic rings. The average Bonchev–Trinajstić information content (AvgIpc) is 2.64. The van der Waals surface area contributed by atoms with Crippen molar-refractivity contribution in [1.82, 2.24) is 15.2 Å². The Morgan fingerprint density at radius 3 is 2.96 bits per heavy atom. The number of rotatable bonds is 6. The molecule has 1 aliphatic heterocycles. The molecule has 1 unspecified atom stereocenters. The Labute approximate surface area is 158 Å². The Bertz CT molecular complexity index is 710. The highest BCUT2D eigenvalue weighted by molar-refractivity contribution is 6.35. The summed E-state index contributed by atoms with van der Waals surface area (Å²) in [5.74, 6) is 1.47. The van der Waals surface area contributed by atoms with Crippen molar-refractivity contribution in [3.05, 3.63) is 40.0 Å². The van der Waals surface area contributed by atoms with E-state index in [2.05, 4.69) is 32.3 Å². The van der Waals surface area contributed by atoms with Crippen LogP contribution in [0.15, 0.2) is 24.4 Å². The van der Waals surface area contributed by atoms with Crippen LogP contribution in [0, 0.1) is 0 Å². The first-order chi connectivity index (χ1) is 12.2. The van der Waals surface area contributed by atoms with E-state index in [1.54, 1.807) is 12.3 Å². The highest BCUT2D eigenvalue weighted by atomic mass is 35.5. The molecule has 1 atom stereocenters. The Balaban J connectivity index is 1.61. The zero-order valence-corrected chi connectivity index (χ0v) is 15.9.